The second-order valence-corrected chi connectivity index (χ2v) is 2.71. The lowest BCUT2D eigenvalue weighted by molar-refractivity contribution is 0.496. The van der Waals surface area contributed by atoms with E-state index >= 15 is 0 Å². The minimum atomic E-state index is 0.976. The fourth-order valence-electron chi connectivity index (χ4n) is 1.24. The smallest absolute Gasteiger partial charge is 0.0638 e. The lowest BCUT2D eigenvalue weighted by Crippen LogP contribution is -2.15. The van der Waals surface area contributed by atoms with Gasteiger partial charge < -0.3 is 0 Å². The van der Waals surface area contributed by atoms with Gasteiger partial charge in [-0.05, 0) is 24.6 Å². The molecule has 2 heterocycles. The Balaban J connectivity index is 2.40. The highest BCUT2D eigenvalue weighted by Gasteiger charge is 2.10. The summed E-state index contributed by atoms with van der Waals surface area (Å²) >= 11 is 0. The fraction of sp³-hybridized carbons (Fsp3) is 0.222. The predicted molar refractivity (Wildman–Crippen MR) is 45.9 cm³/mol. The Morgan fingerprint density at radius 1 is 1.45 bits per heavy atom. The lowest BCUT2D eigenvalue weighted by atomic mass is 10.1. The third-order valence-electron chi connectivity index (χ3n) is 1.88. The number of hydrazone groups is 1. The van der Waals surface area contributed by atoms with E-state index in [9.17, 15) is 0 Å². The van der Waals surface area contributed by atoms with Crippen LogP contribution in [-0.2, 0) is 0 Å². The SMILES string of the molecule is CC1=C2C=CC=CN2N=CC1. The monoisotopic (exact) mass is 146 g/mol. The number of hydrogen-bond donors (Lipinski definition) is 0. The van der Waals surface area contributed by atoms with E-state index in [1.165, 1.54) is 11.3 Å². The second kappa shape index (κ2) is 2.38. The molecule has 2 aliphatic heterocycles. The molecule has 11 heavy (non-hydrogen) atoms. The van der Waals surface area contributed by atoms with Crippen LogP contribution in [0.15, 0.2) is 40.8 Å². The van der Waals surface area contributed by atoms with Crippen molar-refractivity contribution in [1.82, 2.24) is 5.01 Å². The molecule has 2 heteroatoms. The van der Waals surface area contributed by atoms with Crippen LogP contribution >= 0.6 is 0 Å². The lowest BCUT2D eigenvalue weighted by Gasteiger charge is -2.23. The molecular weight excluding hydrogens is 136 g/mol. The highest BCUT2D eigenvalue weighted by atomic mass is 15.4. The zero-order valence-electron chi connectivity index (χ0n) is 6.49. The van der Waals surface area contributed by atoms with Crippen LogP contribution in [0.3, 0.4) is 0 Å². The summed E-state index contributed by atoms with van der Waals surface area (Å²) in [6.45, 7) is 2.14. The van der Waals surface area contributed by atoms with Gasteiger partial charge in [0.15, 0.2) is 0 Å². The van der Waals surface area contributed by atoms with Crippen molar-refractivity contribution in [3.63, 3.8) is 0 Å². The molecule has 0 spiro atoms. The Kier molecular flexibility index (Phi) is 1.39. The maximum atomic E-state index is 4.21. The molecule has 0 aromatic rings. The fourth-order valence-corrected chi connectivity index (χ4v) is 1.24. The summed E-state index contributed by atoms with van der Waals surface area (Å²) in [6.07, 6.45) is 11.0. The first-order valence-electron chi connectivity index (χ1n) is 3.74. The molecule has 0 atom stereocenters. The van der Waals surface area contributed by atoms with Crippen molar-refractivity contribution in [2.75, 3.05) is 0 Å². The number of fused-ring (bicyclic) bond motifs is 1. The van der Waals surface area contributed by atoms with Crippen LogP contribution in [0, 0.1) is 0 Å². The Morgan fingerprint density at radius 3 is 3.18 bits per heavy atom. The second-order valence-electron chi connectivity index (χ2n) is 2.71. The van der Waals surface area contributed by atoms with Crippen molar-refractivity contribution >= 4 is 6.21 Å². The van der Waals surface area contributed by atoms with Crippen molar-refractivity contribution in [2.45, 2.75) is 13.3 Å². The van der Waals surface area contributed by atoms with E-state index in [1.54, 1.807) is 0 Å². The maximum absolute atomic E-state index is 4.21. The molecule has 2 nitrogen and oxygen atoms in total. The van der Waals surface area contributed by atoms with Gasteiger partial charge in [0.05, 0.1) is 5.70 Å². The Bertz CT molecular complexity index is 282. The van der Waals surface area contributed by atoms with Crippen LogP contribution in [0.5, 0.6) is 0 Å². The Hall–Kier alpha value is -1.31. The molecule has 2 aliphatic rings. The molecule has 0 radical (unpaired) electrons. The van der Waals surface area contributed by atoms with Gasteiger partial charge in [-0.25, -0.2) is 5.01 Å². The van der Waals surface area contributed by atoms with Crippen molar-refractivity contribution < 1.29 is 0 Å². The molecule has 0 N–H and O–H groups in total. The number of rotatable bonds is 0. The van der Waals surface area contributed by atoms with Crippen molar-refractivity contribution in [3.05, 3.63) is 35.7 Å². The third-order valence-corrected chi connectivity index (χ3v) is 1.88. The molecule has 2 rings (SSSR count). The van der Waals surface area contributed by atoms with E-state index in [1.807, 2.05) is 29.6 Å². The van der Waals surface area contributed by atoms with Gasteiger partial charge in [-0.1, -0.05) is 6.08 Å². The Morgan fingerprint density at radius 2 is 2.36 bits per heavy atom. The molecule has 0 saturated heterocycles. The molecular formula is C9H10N2. The van der Waals surface area contributed by atoms with Crippen LogP contribution in [0.2, 0.25) is 0 Å². The van der Waals surface area contributed by atoms with E-state index in [2.05, 4.69) is 18.1 Å². The summed E-state index contributed by atoms with van der Waals surface area (Å²) < 4.78 is 0. The molecule has 0 aliphatic carbocycles. The van der Waals surface area contributed by atoms with E-state index in [4.69, 9.17) is 0 Å². The third kappa shape index (κ3) is 1.00. The predicted octanol–water partition coefficient (Wildman–Crippen LogP) is 2.04. The number of nitrogens with zero attached hydrogens (tertiary/aromatic N) is 2. The van der Waals surface area contributed by atoms with Crippen LogP contribution in [0.25, 0.3) is 0 Å². The summed E-state index contributed by atoms with van der Waals surface area (Å²) in [5, 5.41) is 6.12. The van der Waals surface area contributed by atoms with Gasteiger partial charge >= 0.3 is 0 Å². The van der Waals surface area contributed by atoms with E-state index in [0.29, 0.717) is 0 Å². The van der Waals surface area contributed by atoms with Crippen LogP contribution in [-0.4, -0.2) is 11.2 Å². The largest absolute Gasteiger partial charge is 0.241 e. The van der Waals surface area contributed by atoms with Gasteiger partial charge in [0.2, 0.25) is 0 Å². The van der Waals surface area contributed by atoms with E-state index in [-0.39, 0.29) is 0 Å². The van der Waals surface area contributed by atoms with Gasteiger partial charge in [-0.3, -0.25) is 0 Å². The summed E-state index contributed by atoms with van der Waals surface area (Å²) in [4.78, 5) is 0. The topological polar surface area (TPSA) is 15.6 Å². The molecule has 56 valence electrons. The molecule has 0 unspecified atom stereocenters. The minimum Gasteiger partial charge on any atom is -0.241 e. The summed E-state index contributed by atoms with van der Waals surface area (Å²) in [5.74, 6) is 0. The summed E-state index contributed by atoms with van der Waals surface area (Å²) in [7, 11) is 0. The summed E-state index contributed by atoms with van der Waals surface area (Å²) in [5.41, 5.74) is 2.59. The quantitative estimate of drug-likeness (QED) is 0.510. The number of allylic oxidation sites excluding steroid dienone is 4. The highest BCUT2D eigenvalue weighted by molar-refractivity contribution is 5.63. The molecule has 0 fully saturated rings. The first-order valence-corrected chi connectivity index (χ1v) is 3.74. The van der Waals surface area contributed by atoms with Crippen LogP contribution in [0.1, 0.15) is 13.3 Å². The maximum Gasteiger partial charge on any atom is 0.0638 e. The van der Waals surface area contributed by atoms with E-state index < -0.39 is 0 Å². The highest BCUT2D eigenvalue weighted by Crippen LogP contribution is 2.21. The minimum absolute atomic E-state index is 0.976. The number of hydrogen-bond acceptors (Lipinski definition) is 2. The van der Waals surface area contributed by atoms with Crippen molar-refractivity contribution in [3.8, 4) is 0 Å². The van der Waals surface area contributed by atoms with Gasteiger partial charge in [0.1, 0.15) is 0 Å². The molecule has 0 aromatic carbocycles. The van der Waals surface area contributed by atoms with Crippen molar-refractivity contribution in [1.29, 1.82) is 0 Å². The first-order chi connectivity index (χ1) is 5.38. The molecule has 0 amide bonds. The van der Waals surface area contributed by atoms with Gasteiger partial charge in [0.25, 0.3) is 0 Å². The average molecular weight is 146 g/mol. The van der Waals surface area contributed by atoms with Crippen LogP contribution < -0.4 is 0 Å². The van der Waals surface area contributed by atoms with Gasteiger partial charge in [-0.2, -0.15) is 5.10 Å². The average Bonchev–Trinajstić information content (AvgIpc) is 2.06. The summed E-state index contributed by atoms with van der Waals surface area (Å²) in [6, 6.07) is 0. The van der Waals surface area contributed by atoms with Crippen LogP contribution in [0.4, 0.5) is 0 Å². The van der Waals surface area contributed by atoms with Crippen molar-refractivity contribution in [2.24, 2.45) is 5.10 Å². The normalized spacial score (nSPS) is 21.0. The Labute approximate surface area is 66.2 Å². The standard InChI is InChI=1S/C9H10N2/c1-8-5-6-10-11-7-3-2-4-9(8)11/h2-4,6-7H,5H2,1H3. The van der Waals surface area contributed by atoms with Gasteiger partial charge in [-0.15, -0.1) is 0 Å². The van der Waals surface area contributed by atoms with E-state index in [0.717, 1.165) is 6.42 Å². The molecule has 0 bridgehead atoms. The first kappa shape index (κ1) is 6.40. The molecule has 0 aromatic heterocycles. The molecule has 0 saturated carbocycles. The zero-order valence-corrected chi connectivity index (χ0v) is 6.49. The van der Waals surface area contributed by atoms with Gasteiger partial charge in [0, 0.05) is 18.8 Å². The zero-order chi connectivity index (χ0) is 7.68.